The molecule has 38 heavy (non-hydrogen) atoms. The topological polar surface area (TPSA) is 99.4 Å². The van der Waals surface area contributed by atoms with Crippen molar-refractivity contribution in [3.05, 3.63) is 42.2 Å². The summed E-state index contributed by atoms with van der Waals surface area (Å²) in [7, 11) is -1.53. The average Bonchev–Trinajstić information content (AvgIpc) is 3.59. The maximum Gasteiger partial charge on any atom is 0.387 e. The van der Waals surface area contributed by atoms with Crippen LogP contribution < -0.4 is 14.2 Å². The molecular weight excluding hydrogens is 520 g/mol. The standard InChI is InChI=1S/C26H29F2N3O6S/c1-35-22-13-18(14-23(37-26(27)28)25(22)21(32)12-17-2-3-17)20-16-29-24-15-19(4-5-31(20)24)36-9-6-30-7-10-38(33,34)11-8-30/h4-5,13-17,26H,2-3,6-12H2,1H3. The zero-order valence-corrected chi connectivity index (χ0v) is 21.8. The molecule has 1 aromatic carbocycles. The molecule has 3 aromatic rings. The van der Waals surface area contributed by atoms with Crippen LogP contribution in [0.25, 0.3) is 16.9 Å². The van der Waals surface area contributed by atoms with E-state index in [2.05, 4.69) is 9.88 Å². The number of fused-ring (bicyclic) bond motifs is 1. The number of benzene rings is 1. The number of hydrogen-bond acceptors (Lipinski definition) is 8. The van der Waals surface area contributed by atoms with Crippen molar-refractivity contribution >= 4 is 21.3 Å². The van der Waals surface area contributed by atoms with Gasteiger partial charge in [0.1, 0.15) is 35.1 Å². The smallest absolute Gasteiger partial charge is 0.387 e. The number of carbonyl (C=O) groups is 1. The molecule has 0 amide bonds. The van der Waals surface area contributed by atoms with Gasteiger partial charge in [-0.3, -0.25) is 14.1 Å². The largest absolute Gasteiger partial charge is 0.496 e. The minimum Gasteiger partial charge on any atom is -0.496 e. The summed E-state index contributed by atoms with van der Waals surface area (Å²) in [5.74, 6) is 0.875. The van der Waals surface area contributed by atoms with E-state index in [1.165, 1.54) is 13.2 Å². The van der Waals surface area contributed by atoms with Crippen LogP contribution in [0, 0.1) is 5.92 Å². The molecule has 2 aromatic heterocycles. The van der Waals surface area contributed by atoms with Crippen molar-refractivity contribution in [1.29, 1.82) is 0 Å². The van der Waals surface area contributed by atoms with E-state index in [4.69, 9.17) is 14.2 Å². The quantitative estimate of drug-likeness (QED) is 0.334. The van der Waals surface area contributed by atoms with E-state index in [9.17, 15) is 22.0 Å². The third-order valence-electron chi connectivity index (χ3n) is 6.85. The Morgan fingerprint density at radius 1 is 1.16 bits per heavy atom. The molecule has 1 saturated heterocycles. The number of aromatic nitrogens is 2. The summed E-state index contributed by atoms with van der Waals surface area (Å²) in [6.45, 7) is -1.09. The first-order valence-corrected chi connectivity index (χ1v) is 14.3. The highest BCUT2D eigenvalue weighted by Crippen LogP contribution is 2.40. The second-order valence-corrected chi connectivity index (χ2v) is 11.9. The molecule has 5 rings (SSSR count). The summed E-state index contributed by atoms with van der Waals surface area (Å²) in [6.07, 6.45) is 5.53. The molecule has 1 aliphatic carbocycles. The van der Waals surface area contributed by atoms with E-state index in [1.807, 2.05) is 0 Å². The summed E-state index contributed by atoms with van der Waals surface area (Å²) in [5.41, 5.74) is 1.70. The van der Waals surface area contributed by atoms with Crippen molar-refractivity contribution in [1.82, 2.24) is 14.3 Å². The Balaban J connectivity index is 1.35. The summed E-state index contributed by atoms with van der Waals surface area (Å²) in [5, 5.41) is 0. The molecule has 0 radical (unpaired) electrons. The van der Waals surface area contributed by atoms with Crippen molar-refractivity contribution in [3.63, 3.8) is 0 Å². The van der Waals surface area contributed by atoms with E-state index < -0.39 is 16.4 Å². The zero-order chi connectivity index (χ0) is 26.9. The molecule has 0 bridgehead atoms. The summed E-state index contributed by atoms with van der Waals surface area (Å²) in [6, 6.07) is 6.57. The number of sulfone groups is 1. The van der Waals surface area contributed by atoms with Gasteiger partial charge < -0.3 is 14.2 Å². The summed E-state index contributed by atoms with van der Waals surface area (Å²) < 4.78 is 67.5. The van der Waals surface area contributed by atoms with Crippen LogP contribution in [0.4, 0.5) is 8.78 Å². The third-order valence-corrected chi connectivity index (χ3v) is 8.45. The number of Topliss-reactive ketones (excluding diaryl/α,β-unsaturated/α-hetero) is 1. The Kier molecular flexibility index (Phi) is 7.53. The number of ether oxygens (including phenoxy) is 3. The number of halogens is 2. The number of alkyl halides is 2. The molecule has 9 nitrogen and oxygen atoms in total. The van der Waals surface area contributed by atoms with Gasteiger partial charge in [0, 0.05) is 43.9 Å². The minimum atomic E-state index is -3.10. The van der Waals surface area contributed by atoms with Crippen LogP contribution in [0.5, 0.6) is 17.2 Å². The van der Waals surface area contributed by atoms with Gasteiger partial charge in [-0.25, -0.2) is 13.4 Å². The van der Waals surface area contributed by atoms with E-state index >= 15 is 0 Å². The lowest BCUT2D eigenvalue weighted by Gasteiger charge is -2.26. The molecule has 0 spiro atoms. The van der Waals surface area contributed by atoms with Crippen LogP contribution in [0.2, 0.25) is 0 Å². The van der Waals surface area contributed by atoms with Crippen molar-refractivity contribution in [3.8, 4) is 28.5 Å². The van der Waals surface area contributed by atoms with Gasteiger partial charge in [0.15, 0.2) is 15.6 Å². The Hall–Kier alpha value is -3.25. The number of imidazole rings is 1. The van der Waals surface area contributed by atoms with Gasteiger partial charge in [-0.15, -0.1) is 0 Å². The maximum atomic E-state index is 13.3. The third kappa shape index (κ3) is 6.07. The van der Waals surface area contributed by atoms with Crippen LogP contribution in [0.1, 0.15) is 29.6 Å². The fourth-order valence-corrected chi connectivity index (χ4v) is 5.86. The molecule has 0 N–H and O–H groups in total. The van der Waals surface area contributed by atoms with Gasteiger partial charge in [0.05, 0.1) is 30.5 Å². The first-order chi connectivity index (χ1) is 18.2. The highest BCUT2D eigenvalue weighted by atomic mass is 32.2. The van der Waals surface area contributed by atoms with Gasteiger partial charge >= 0.3 is 6.61 Å². The number of rotatable bonds is 11. The number of ketones is 1. The highest BCUT2D eigenvalue weighted by molar-refractivity contribution is 7.91. The lowest BCUT2D eigenvalue weighted by Crippen LogP contribution is -2.42. The van der Waals surface area contributed by atoms with Gasteiger partial charge in [-0.05, 0) is 37.0 Å². The van der Waals surface area contributed by atoms with E-state index in [1.54, 1.807) is 35.0 Å². The first-order valence-electron chi connectivity index (χ1n) is 12.5. The maximum absolute atomic E-state index is 13.3. The molecule has 2 aliphatic rings. The van der Waals surface area contributed by atoms with Crippen LogP contribution in [-0.2, 0) is 9.84 Å². The molecule has 2 fully saturated rings. The van der Waals surface area contributed by atoms with Gasteiger partial charge in [0.2, 0.25) is 0 Å². The number of carbonyl (C=O) groups excluding carboxylic acids is 1. The lowest BCUT2D eigenvalue weighted by atomic mass is 10.00. The molecule has 204 valence electrons. The Bertz CT molecular complexity index is 1420. The minimum absolute atomic E-state index is 0.0271. The monoisotopic (exact) mass is 549 g/mol. The predicted octanol–water partition coefficient (Wildman–Crippen LogP) is 3.70. The molecule has 3 heterocycles. The van der Waals surface area contributed by atoms with E-state index in [0.29, 0.717) is 48.9 Å². The van der Waals surface area contributed by atoms with E-state index in [-0.39, 0.29) is 46.7 Å². The number of hydrogen-bond donors (Lipinski definition) is 0. The normalized spacial score (nSPS) is 17.6. The highest BCUT2D eigenvalue weighted by Gasteiger charge is 2.30. The second-order valence-electron chi connectivity index (χ2n) is 9.58. The zero-order valence-electron chi connectivity index (χ0n) is 20.9. The predicted molar refractivity (Wildman–Crippen MR) is 136 cm³/mol. The van der Waals surface area contributed by atoms with Crippen LogP contribution in [0.15, 0.2) is 36.7 Å². The van der Waals surface area contributed by atoms with E-state index in [0.717, 1.165) is 12.8 Å². The van der Waals surface area contributed by atoms with Crippen molar-refractivity contribution in [2.45, 2.75) is 25.9 Å². The van der Waals surface area contributed by atoms with Crippen LogP contribution in [-0.4, -0.2) is 80.0 Å². The molecule has 1 aliphatic heterocycles. The van der Waals surface area contributed by atoms with Gasteiger partial charge in [-0.2, -0.15) is 8.78 Å². The Labute approximate surface area is 219 Å². The fraction of sp³-hybridized carbons (Fsp3) is 0.462. The molecule has 0 atom stereocenters. The molecule has 0 unspecified atom stereocenters. The molecule has 1 saturated carbocycles. The fourth-order valence-electron chi connectivity index (χ4n) is 4.58. The lowest BCUT2D eigenvalue weighted by molar-refractivity contribution is -0.0502. The first kappa shape index (κ1) is 26.4. The number of nitrogens with zero attached hydrogens (tertiary/aromatic N) is 3. The number of methoxy groups -OCH3 is 1. The van der Waals surface area contributed by atoms with Crippen LogP contribution in [0.3, 0.4) is 0 Å². The van der Waals surface area contributed by atoms with Gasteiger partial charge in [0.25, 0.3) is 0 Å². The SMILES string of the molecule is COc1cc(-c2cnc3cc(OCCN4CCS(=O)(=O)CC4)ccn23)cc(OC(F)F)c1C(=O)CC1CC1. The van der Waals surface area contributed by atoms with Gasteiger partial charge in [-0.1, -0.05) is 0 Å². The summed E-state index contributed by atoms with van der Waals surface area (Å²) >= 11 is 0. The molecular formula is C26H29F2N3O6S. The van der Waals surface area contributed by atoms with Crippen LogP contribution >= 0.6 is 0 Å². The average molecular weight is 550 g/mol. The van der Waals surface area contributed by atoms with Crippen molar-refractivity contribution < 1.29 is 36.2 Å². The van der Waals surface area contributed by atoms with Crippen molar-refractivity contribution in [2.24, 2.45) is 5.92 Å². The summed E-state index contributed by atoms with van der Waals surface area (Å²) in [4.78, 5) is 19.4. The Morgan fingerprint density at radius 3 is 2.58 bits per heavy atom. The Morgan fingerprint density at radius 2 is 1.89 bits per heavy atom. The molecule has 12 heteroatoms. The number of pyridine rings is 1. The second kappa shape index (κ2) is 10.9. The van der Waals surface area contributed by atoms with Crippen molar-refractivity contribution in [2.75, 3.05) is 44.9 Å².